The average Bonchev–Trinajstić information content (AvgIpc) is 2.63. The number of aromatic nitrogens is 1. The largest absolute Gasteiger partial charge is 0.298 e. The highest BCUT2D eigenvalue weighted by Gasteiger charge is 2.28. The van der Waals surface area contributed by atoms with Crippen molar-refractivity contribution in [1.29, 1.82) is 0 Å². The fourth-order valence-corrected chi connectivity index (χ4v) is 2.28. The van der Waals surface area contributed by atoms with Gasteiger partial charge < -0.3 is 0 Å². The molecule has 13 heavy (non-hydrogen) atoms. The lowest BCUT2D eigenvalue weighted by atomic mass is 10.0. The summed E-state index contributed by atoms with van der Waals surface area (Å²) < 4.78 is 0. The van der Waals surface area contributed by atoms with E-state index in [0.717, 1.165) is 18.7 Å². The highest BCUT2D eigenvalue weighted by molar-refractivity contribution is 7.07. The van der Waals surface area contributed by atoms with E-state index < -0.39 is 0 Å². The Morgan fingerprint density at radius 3 is 3.15 bits per heavy atom. The number of nitrogens with zero attached hydrogens (tertiary/aromatic N) is 2. The lowest BCUT2D eigenvalue weighted by Crippen LogP contribution is -2.15. The fourth-order valence-electron chi connectivity index (χ4n) is 1.71. The minimum Gasteiger partial charge on any atom is -0.298 e. The minimum atomic E-state index is 0.173. The van der Waals surface area contributed by atoms with Crippen molar-refractivity contribution in [2.75, 3.05) is 20.1 Å². The summed E-state index contributed by atoms with van der Waals surface area (Å²) in [6.45, 7) is 1.49. The number of hydrogen-bond donors (Lipinski definition) is 0. The van der Waals surface area contributed by atoms with Gasteiger partial charge in [0.2, 0.25) is 0 Å². The van der Waals surface area contributed by atoms with Crippen LogP contribution in [0.25, 0.3) is 0 Å². The minimum absolute atomic E-state index is 0.173. The predicted octanol–water partition coefficient (Wildman–Crippen LogP) is 0.816. The van der Waals surface area contributed by atoms with Gasteiger partial charge in [-0.15, -0.1) is 11.3 Å². The molecule has 1 saturated heterocycles. The Morgan fingerprint density at radius 1 is 1.77 bits per heavy atom. The van der Waals surface area contributed by atoms with Crippen LogP contribution in [0.5, 0.6) is 0 Å². The van der Waals surface area contributed by atoms with Gasteiger partial charge in [0.1, 0.15) is 0 Å². The Labute approximate surface area is 81.4 Å². The van der Waals surface area contributed by atoms with Gasteiger partial charge in [0, 0.05) is 24.3 Å². The van der Waals surface area contributed by atoms with Crippen molar-refractivity contribution in [1.82, 2.24) is 9.88 Å². The van der Waals surface area contributed by atoms with Gasteiger partial charge in [-0.25, -0.2) is 4.98 Å². The molecule has 1 unspecified atom stereocenters. The normalized spacial score (nSPS) is 24.1. The number of Topliss-reactive ketones (excluding diaryl/α,β-unsaturated/α-hetero) is 1. The third kappa shape index (κ3) is 1.95. The first kappa shape index (κ1) is 8.84. The van der Waals surface area contributed by atoms with Crippen LogP contribution in [-0.2, 0) is 11.2 Å². The van der Waals surface area contributed by atoms with Crippen LogP contribution in [0.3, 0.4) is 0 Å². The zero-order valence-electron chi connectivity index (χ0n) is 7.56. The van der Waals surface area contributed by atoms with Gasteiger partial charge in [-0.1, -0.05) is 0 Å². The van der Waals surface area contributed by atoms with Crippen molar-refractivity contribution in [3.8, 4) is 0 Å². The maximum atomic E-state index is 11.4. The van der Waals surface area contributed by atoms with E-state index in [2.05, 4.69) is 9.88 Å². The molecular weight excluding hydrogens is 184 g/mol. The summed E-state index contributed by atoms with van der Waals surface area (Å²) in [6.07, 6.45) is 0.812. The summed E-state index contributed by atoms with van der Waals surface area (Å²) in [6, 6.07) is 0. The molecule has 1 atom stereocenters. The summed E-state index contributed by atoms with van der Waals surface area (Å²) in [5.74, 6) is 0.530. The molecule has 0 N–H and O–H groups in total. The van der Waals surface area contributed by atoms with Crippen LogP contribution in [-0.4, -0.2) is 35.8 Å². The van der Waals surface area contributed by atoms with E-state index >= 15 is 0 Å². The Bertz CT molecular complexity index is 297. The quantitative estimate of drug-likeness (QED) is 0.702. The molecule has 0 saturated carbocycles. The Balaban J connectivity index is 1.99. The van der Waals surface area contributed by atoms with Crippen LogP contribution in [0.4, 0.5) is 0 Å². The average molecular weight is 196 g/mol. The van der Waals surface area contributed by atoms with Crippen molar-refractivity contribution in [3.05, 3.63) is 16.6 Å². The van der Waals surface area contributed by atoms with E-state index in [1.165, 1.54) is 0 Å². The predicted molar refractivity (Wildman–Crippen MR) is 51.8 cm³/mol. The van der Waals surface area contributed by atoms with E-state index in [1.807, 2.05) is 17.9 Å². The van der Waals surface area contributed by atoms with Gasteiger partial charge in [0.25, 0.3) is 0 Å². The van der Waals surface area contributed by atoms with Gasteiger partial charge in [0.15, 0.2) is 5.78 Å². The van der Waals surface area contributed by atoms with Gasteiger partial charge in [-0.3, -0.25) is 9.69 Å². The number of carbonyl (C=O) groups is 1. The van der Waals surface area contributed by atoms with Crippen LogP contribution in [0.1, 0.15) is 5.69 Å². The van der Waals surface area contributed by atoms with Gasteiger partial charge in [-0.2, -0.15) is 0 Å². The molecule has 1 aromatic heterocycles. The standard InChI is InChI=1S/C9H12N2OS/c1-11-3-7(9(12)4-11)2-8-5-13-6-10-8/h5-7H,2-4H2,1H3. The molecule has 70 valence electrons. The summed E-state index contributed by atoms with van der Waals surface area (Å²) in [5.41, 5.74) is 2.87. The van der Waals surface area contributed by atoms with Crippen LogP contribution < -0.4 is 0 Å². The summed E-state index contributed by atoms with van der Waals surface area (Å²) in [7, 11) is 1.99. The molecule has 4 heteroatoms. The van der Waals surface area contributed by atoms with Crippen LogP contribution in [0, 0.1) is 5.92 Å². The SMILES string of the molecule is CN1CC(=O)C(Cc2cscn2)C1. The number of likely N-dealkylation sites (N-methyl/N-ethyl adjacent to an activating group) is 1. The van der Waals surface area contributed by atoms with E-state index in [4.69, 9.17) is 0 Å². The molecule has 2 rings (SSSR count). The van der Waals surface area contributed by atoms with E-state index in [1.54, 1.807) is 11.3 Å². The zero-order valence-corrected chi connectivity index (χ0v) is 8.38. The van der Waals surface area contributed by atoms with E-state index in [9.17, 15) is 4.79 Å². The van der Waals surface area contributed by atoms with Gasteiger partial charge >= 0.3 is 0 Å². The Morgan fingerprint density at radius 2 is 2.62 bits per heavy atom. The monoisotopic (exact) mass is 196 g/mol. The first-order valence-electron chi connectivity index (χ1n) is 4.34. The van der Waals surface area contributed by atoms with Crippen molar-refractivity contribution < 1.29 is 4.79 Å². The summed E-state index contributed by atoms with van der Waals surface area (Å²) >= 11 is 1.59. The molecule has 1 aliphatic heterocycles. The number of likely N-dealkylation sites (tertiary alicyclic amines) is 1. The molecule has 0 radical (unpaired) electrons. The topological polar surface area (TPSA) is 33.2 Å². The fraction of sp³-hybridized carbons (Fsp3) is 0.556. The first-order chi connectivity index (χ1) is 6.25. The molecule has 1 fully saturated rings. The van der Waals surface area contributed by atoms with Crippen molar-refractivity contribution in [3.63, 3.8) is 0 Å². The smallest absolute Gasteiger partial charge is 0.151 e. The molecule has 3 nitrogen and oxygen atoms in total. The summed E-state index contributed by atoms with van der Waals surface area (Å²) in [4.78, 5) is 17.7. The molecule has 0 amide bonds. The zero-order chi connectivity index (χ0) is 9.26. The second-order valence-electron chi connectivity index (χ2n) is 3.54. The third-order valence-electron chi connectivity index (χ3n) is 2.35. The van der Waals surface area contributed by atoms with Gasteiger partial charge in [0.05, 0.1) is 17.7 Å². The Hall–Kier alpha value is -0.740. The lowest BCUT2D eigenvalue weighted by molar-refractivity contribution is -0.119. The molecule has 0 aliphatic carbocycles. The van der Waals surface area contributed by atoms with Crippen molar-refractivity contribution in [2.24, 2.45) is 5.92 Å². The van der Waals surface area contributed by atoms with Crippen LogP contribution >= 0.6 is 11.3 Å². The molecule has 0 aromatic carbocycles. The highest BCUT2D eigenvalue weighted by Crippen LogP contribution is 2.16. The van der Waals surface area contributed by atoms with Crippen LogP contribution in [0.2, 0.25) is 0 Å². The highest BCUT2D eigenvalue weighted by atomic mass is 32.1. The second-order valence-corrected chi connectivity index (χ2v) is 4.26. The van der Waals surface area contributed by atoms with Crippen LogP contribution in [0.15, 0.2) is 10.9 Å². The molecule has 0 spiro atoms. The molecule has 0 bridgehead atoms. The molecule has 1 aliphatic rings. The second kappa shape index (κ2) is 3.55. The Kier molecular flexibility index (Phi) is 2.42. The number of rotatable bonds is 2. The van der Waals surface area contributed by atoms with Crippen molar-refractivity contribution in [2.45, 2.75) is 6.42 Å². The maximum Gasteiger partial charge on any atom is 0.151 e. The van der Waals surface area contributed by atoms with E-state index in [0.29, 0.717) is 12.3 Å². The molecular formula is C9H12N2OS. The van der Waals surface area contributed by atoms with E-state index in [-0.39, 0.29) is 5.92 Å². The molecule has 2 heterocycles. The lowest BCUT2D eigenvalue weighted by Gasteiger charge is -2.06. The van der Waals surface area contributed by atoms with Crippen molar-refractivity contribution >= 4 is 17.1 Å². The first-order valence-corrected chi connectivity index (χ1v) is 5.28. The number of ketones is 1. The third-order valence-corrected chi connectivity index (χ3v) is 2.99. The summed E-state index contributed by atoms with van der Waals surface area (Å²) in [5, 5.41) is 2.02. The molecule has 1 aromatic rings. The number of carbonyl (C=O) groups excluding carboxylic acids is 1. The maximum absolute atomic E-state index is 11.4. The van der Waals surface area contributed by atoms with Gasteiger partial charge in [-0.05, 0) is 7.05 Å². The number of hydrogen-bond acceptors (Lipinski definition) is 4. The number of thiazole rings is 1.